The highest BCUT2D eigenvalue weighted by atomic mass is 32.2. The molecule has 0 bridgehead atoms. The quantitative estimate of drug-likeness (QED) is 0.659. The third-order valence-corrected chi connectivity index (χ3v) is 3.85. The summed E-state index contributed by atoms with van der Waals surface area (Å²) in [4.78, 5) is 1.08. The van der Waals surface area contributed by atoms with E-state index in [1.807, 2.05) is 60.7 Å². The van der Waals surface area contributed by atoms with Crippen molar-refractivity contribution in [2.45, 2.75) is 16.4 Å². The van der Waals surface area contributed by atoms with Crippen LogP contribution in [0.3, 0.4) is 0 Å². The lowest BCUT2D eigenvalue weighted by Gasteiger charge is -2.21. The Hall–Kier alpha value is -1.29. The smallest absolute Gasteiger partial charge is 0.137 e. The fraction of sp³-hybridized carbons (Fsp3) is 0.200. The van der Waals surface area contributed by atoms with Crippen molar-refractivity contribution < 1.29 is 9.84 Å². The third-order valence-electron chi connectivity index (χ3n) is 2.63. The van der Waals surface area contributed by atoms with Gasteiger partial charge in [-0.05, 0) is 17.7 Å². The minimum absolute atomic E-state index is 0.310. The first kappa shape index (κ1) is 13.1. The number of rotatable bonds is 5. The maximum absolute atomic E-state index is 10.3. The summed E-state index contributed by atoms with van der Waals surface area (Å²) in [6.45, 7) is 0. The largest absolute Gasteiger partial charge is 0.385 e. The number of aliphatic hydroxyl groups is 1. The van der Waals surface area contributed by atoms with Crippen LogP contribution in [-0.2, 0) is 4.74 Å². The molecule has 0 heterocycles. The number of benzene rings is 2. The first-order valence-corrected chi connectivity index (χ1v) is 6.67. The second-order valence-electron chi connectivity index (χ2n) is 3.89. The first-order valence-electron chi connectivity index (χ1n) is 5.79. The molecule has 94 valence electrons. The van der Waals surface area contributed by atoms with Gasteiger partial charge in [-0.25, -0.2) is 0 Å². The maximum Gasteiger partial charge on any atom is 0.137 e. The Morgan fingerprint density at radius 3 is 2.06 bits per heavy atom. The molecule has 3 heteroatoms. The van der Waals surface area contributed by atoms with Crippen LogP contribution in [-0.4, -0.2) is 17.7 Å². The molecule has 0 unspecified atom stereocenters. The molecule has 0 aliphatic rings. The van der Waals surface area contributed by atoms with Crippen LogP contribution in [0.1, 0.15) is 11.7 Å². The van der Waals surface area contributed by atoms with E-state index in [0.29, 0.717) is 0 Å². The molecule has 0 aliphatic heterocycles. The Balaban J connectivity index is 2.09. The van der Waals surface area contributed by atoms with E-state index >= 15 is 0 Å². The van der Waals surface area contributed by atoms with E-state index in [4.69, 9.17) is 4.74 Å². The molecule has 0 amide bonds. The molecule has 1 N–H and O–H groups in total. The topological polar surface area (TPSA) is 29.5 Å². The van der Waals surface area contributed by atoms with Crippen LogP contribution >= 0.6 is 11.8 Å². The first-order chi connectivity index (χ1) is 8.81. The van der Waals surface area contributed by atoms with Gasteiger partial charge in [0.05, 0.1) is 0 Å². The highest BCUT2D eigenvalue weighted by molar-refractivity contribution is 7.99. The Bertz CT molecular complexity index is 458. The predicted molar refractivity (Wildman–Crippen MR) is 74.5 cm³/mol. The van der Waals surface area contributed by atoms with Gasteiger partial charge in [0.25, 0.3) is 0 Å². The number of methoxy groups -OCH3 is 1. The maximum atomic E-state index is 10.3. The van der Waals surface area contributed by atoms with Gasteiger partial charge in [0.1, 0.15) is 11.5 Å². The van der Waals surface area contributed by atoms with Crippen molar-refractivity contribution in [2.24, 2.45) is 0 Å². The fourth-order valence-electron chi connectivity index (χ4n) is 1.68. The van der Waals surface area contributed by atoms with Crippen LogP contribution in [0, 0.1) is 0 Å². The van der Waals surface area contributed by atoms with Crippen LogP contribution in [0.25, 0.3) is 0 Å². The van der Waals surface area contributed by atoms with Gasteiger partial charge in [0.15, 0.2) is 0 Å². The highest BCUT2D eigenvalue weighted by Gasteiger charge is 2.21. The van der Waals surface area contributed by atoms with Crippen molar-refractivity contribution in [3.63, 3.8) is 0 Å². The summed E-state index contributed by atoms with van der Waals surface area (Å²) < 4.78 is 5.38. The Morgan fingerprint density at radius 2 is 1.50 bits per heavy atom. The monoisotopic (exact) mass is 260 g/mol. The predicted octanol–water partition coefficient (Wildman–Crippen LogP) is 3.48. The van der Waals surface area contributed by atoms with Gasteiger partial charge in [0, 0.05) is 12.0 Å². The molecule has 0 aromatic heterocycles. The summed E-state index contributed by atoms with van der Waals surface area (Å²) in [5.74, 6) is 0. The van der Waals surface area contributed by atoms with Crippen molar-refractivity contribution in [2.75, 3.05) is 7.11 Å². The highest BCUT2D eigenvalue weighted by Crippen LogP contribution is 2.32. The molecule has 2 rings (SSSR count). The van der Waals surface area contributed by atoms with Gasteiger partial charge in [-0.15, -0.1) is 0 Å². The number of thioether (sulfide) groups is 1. The molecular formula is C15H16O2S. The van der Waals surface area contributed by atoms with E-state index in [-0.39, 0.29) is 5.44 Å². The van der Waals surface area contributed by atoms with Crippen LogP contribution < -0.4 is 0 Å². The molecule has 0 spiro atoms. The Morgan fingerprint density at radius 1 is 0.944 bits per heavy atom. The van der Waals surface area contributed by atoms with Gasteiger partial charge < -0.3 is 9.84 Å². The Kier molecular flexibility index (Phi) is 4.81. The lowest BCUT2D eigenvalue weighted by Crippen LogP contribution is -2.17. The molecule has 2 atom stereocenters. The molecule has 0 saturated heterocycles. The van der Waals surface area contributed by atoms with E-state index in [0.717, 1.165) is 10.5 Å². The fourth-order valence-corrected chi connectivity index (χ4v) is 2.65. The molecule has 18 heavy (non-hydrogen) atoms. The molecule has 0 fully saturated rings. The zero-order valence-corrected chi connectivity index (χ0v) is 11.0. The van der Waals surface area contributed by atoms with Gasteiger partial charge in [-0.3, -0.25) is 0 Å². The number of aliphatic hydroxyl groups excluding tert-OH is 1. The van der Waals surface area contributed by atoms with Gasteiger partial charge in [0.2, 0.25) is 0 Å². The summed E-state index contributed by atoms with van der Waals surface area (Å²) in [6, 6.07) is 19.5. The van der Waals surface area contributed by atoms with Crippen molar-refractivity contribution in [1.82, 2.24) is 0 Å². The standard InChI is InChI=1S/C15H16O2S/c1-17-15(18-13-10-6-3-7-11-13)14(16)12-8-4-2-5-9-12/h2-11,14-16H,1H3/t14-,15-/m0/s1. The van der Waals surface area contributed by atoms with E-state index in [2.05, 4.69) is 0 Å². The molecule has 2 aromatic carbocycles. The van der Waals surface area contributed by atoms with Crippen LogP contribution in [0.2, 0.25) is 0 Å². The minimum Gasteiger partial charge on any atom is -0.385 e. The second-order valence-corrected chi connectivity index (χ2v) is 5.06. The molecule has 0 radical (unpaired) electrons. The van der Waals surface area contributed by atoms with Crippen LogP contribution in [0.5, 0.6) is 0 Å². The Labute approximate surface area is 112 Å². The van der Waals surface area contributed by atoms with Crippen molar-refractivity contribution in [1.29, 1.82) is 0 Å². The van der Waals surface area contributed by atoms with Gasteiger partial charge in [-0.1, -0.05) is 60.3 Å². The lowest BCUT2D eigenvalue weighted by atomic mass is 10.1. The SMILES string of the molecule is CO[C@@H](Sc1ccccc1)[C@@H](O)c1ccccc1. The minimum atomic E-state index is -0.638. The number of hydrogen-bond donors (Lipinski definition) is 1. The van der Waals surface area contributed by atoms with Gasteiger partial charge in [-0.2, -0.15) is 0 Å². The van der Waals surface area contributed by atoms with Crippen molar-refractivity contribution in [3.05, 3.63) is 66.2 Å². The van der Waals surface area contributed by atoms with E-state index in [1.54, 1.807) is 7.11 Å². The average Bonchev–Trinajstić information content (AvgIpc) is 2.46. The summed E-state index contributed by atoms with van der Waals surface area (Å²) in [6.07, 6.45) is -0.638. The van der Waals surface area contributed by atoms with Crippen LogP contribution in [0.4, 0.5) is 0 Å². The second kappa shape index (κ2) is 6.59. The van der Waals surface area contributed by atoms with Crippen molar-refractivity contribution >= 4 is 11.8 Å². The number of ether oxygens (including phenoxy) is 1. The molecule has 0 saturated carbocycles. The van der Waals surface area contributed by atoms with Gasteiger partial charge >= 0.3 is 0 Å². The van der Waals surface area contributed by atoms with E-state index in [9.17, 15) is 5.11 Å². The zero-order chi connectivity index (χ0) is 12.8. The summed E-state index contributed by atoms with van der Waals surface area (Å²) in [5, 5.41) is 10.3. The summed E-state index contributed by atoms with van der Waals surface area (Å²) in [5.41, 5.74) is 0.558. The summed E-state index contributed by atoms with van der Waals surface area (Å²) >= 11 is 1.52. The van der Waals surface area contributed by atoms with Crippen molar-refractivity contribution in [3.8, 4) is 0 Å². The molecule has 2 nitrogen and oxygen atoms in total. The normalized spacial score (nSPS) is 14.1. The van der Waals surface area contributed by atoms with E-state index in [1.165, 1.54) is 11.8 Å². The zero-order valence-electron chi connectivity index (χ0n) is 10.2. The average molecular weight is 260 g/mol. The van der Waals surface area contributed by atoms with Crippen LogP contribution in [0.15, 0.2) is 65.6 Å². The number of hydrogen-bond acceptors (Lipinski definition) is 3. The molecule has 0 aliphatic carbocycles. The summed E-state index contributed by atoms with van der Waals surface area (Å²) in [7, 11) is 1.62. The van der Waals surface area contributed by atoms with E-state index < -0.39 is 6.10 Å². The lowest BCUT2D eigenvalue weighted by molar-refractivity contribution is 0.0413. The molecule has 2 aromatic rings. The third kappa shape index (κ3) is 3.35. The molecular weight excluding hydrogens is 244 g/mol.